The van der Waals surface area contributed by atoms with Crippen molar-refractivity contribution >= 4 is 19.7 Å². The highest BCUT2D eigenvalue weighted by molar-refractivity contribution is 7.47. The standard InChI is InChI=1S/C66H117N2O7P/c1-7-10-13-16-19-22-25-27-29-30-31-32-33-34-35-36-37-38-39-40-43-46-49-52-55-58-65(69)67-63(62-74-76(71,72)73-61-60-68(4,5)6)64(57-54-51-48-45-42-24-21-18-15-12-9-3)75-66(70)59-56-53-50-47-44-41-28-26-23-20-17-14-11-8-2/h10-11,13-14,19-20,22-23,27,29,31-32,34-35,54,57,63-64H,7-9,12,15-18,21,24-26,28,30,33,36-53,55-56,58-62H2,1-6H3,(H-,67,69,71,72)/p+1/b13-10-,14-11+,22-19-,23-20+,29-27-,32-31-,35-34-,57-54-. The number of quaternary nitrogens is 1. The van der Waals surface area contributed by atoms with E-state index in [1.54, 1.807) is 0 Å². The summed E-state index contributed by atoms with van der Waals surface area (Å²) in [5.74, 6) is -0.525. The van der Waals surface area contributed by atoms with E-state index in [1.807, 2.05) is 33.3 Å². The summed E-state index contributed by atoms with van der Waals surface area (Å²) in [7, 11) is 1.48. The first kappa shape index (κ1) is 72.9. The monoisotopic (exact) mass is 1080 g/mol. The van der Waals surface area contributed by atoms with Crippen molar-refractivity contribution in [3.8, 4) is 0 Å². The van der Waals surface area contributed by atoms with E-state index in [1.165, 1.54) is 96.3 Å². The molecule has 0 aromatic carbocycles. The second-order valence-electron chi connectivity index (χ2n) is 21.8. The molecule has 0 saturated carbocycles. The normalized spacial score (nSPS) is 14.4. The summed E-state index contributed by atoms with van der Waals surface area (Å²) in [5.41, 5.74) is 0. The highest BCUT2D eigenvalue weighted by atomic mass is 31.2. The molecule has 0 radical (unpaired) electrons. The minimum absolute atomic E-state index is 0.0334. The molecule has 0 aromatic heterocycles. The van der Waals surface area contributed by atoms with E-state index in [2.05, 4.69) is 111 Å². The number of carbonyl (C=O) groups is 2. The zero-order valence-electron chi connectivity index (χ0n) is 50.0. The van der Waals surface area contributed by atoms with Crippen molar-refractivity contribution in [1.82, 2.24) is 5.32 Å². The Morgan fingerprint density at radius 3 is 1.26 bits per heavy atom. The fraction of sp³-hybridized carbons (Fsp3) is 0.727. The van der Waals surface area contributed by atoms with Crippen LogP contribution in [-0.2, 0) is 27.9 Å². The van der Waals surface area contributed by atoms with Gasteiger partial charge in [-0.25, -0.2) is 4.57 Å². The van der Waals surface area contributed by atoms with Gasteiger partial charge in [-0.2, -0.15) is 0 Å². The minimum Gasteiger partial charge on any atom is -0.456 e. The predicted octanol–water partition coefficient (Wildman–Crippen LogP) is 19.2. The third-order valence-electron chi connectivity index (χ3n) is 13.3. The average molecular weight is 1080 g/mol. The van der Waals surface area contributed by atoms with Crippen molar-refractivity contribution in [3.05, 3.63) is 97.2 Å². The Morgan fingerprint density at radius 2 is 0.842 bits per heavy atom. The van der Waals surface area contributed by atoms with E-state index in [9.17, 15) is 19.0 Å². The summed E-state index contributed by atoms with van der Waals surface area (Å²) in [6, 6.07) is -0.859. The fourth-order valence-corrected chi connectivity index (χ4v) is 9.27. The number of esters is 1. The molecular weight excluding hydrogens is 964 g/mol. The molecule has 0 rings (SSSR count). The van der Waals surface area contributed by atoms with E-state index in [4.69, 9.17) is 13.8 Å². The first-order chi connectivity index (χ1) is 36.9. The summed E-state index contributed by atoms with van der Waals surface area (Å²) in [5, 5.41) is 3.05. The summed E-state index contributed by atoms with van der Waals surface area (Å²) >= 11 is 0. The van der Waals surface area contributed by atoms with Crippen molar-refractivity contribution in [3.63, 3.8) is 0 Å². The van der Waals surface area contributed by atoms with Crippen molar-refractivity contribution < 1.29 is 37.3 Å². The van der Waals surface area contributed by atoms with Crippen LogP contribution in [0.15, 0.2) is 97.2 Å². The molecule has 0 bridgehead atoms. The number of hydrogen-bond acceptors (Lipinski definition) is 6. The molecule has 76 heavy (non-hydrogen) atoms. The van der Waals surface area contributed by atoms with Gasteiger partial charge in [0.05, 0.1) is 33.8 Å². The number of phosphoric acid groups is 1. The fourth-order valence-electron chi connectivity index (χ4n) is 8.53. The van der Waals surface area contributed by atoms with Crippen LogP contribution in [0.2, 0.25) is 0 Å². The second-order valence-corrected chi connectivity index (χ2v) is 23.3. The van der Waals surface area contributed by atoms with Gasteiger partial charge in [-0.1, -0.05) is 240 Å². The lowest BCUT2D eigenvalue weighted by atomic mass is 10.0. The average Bonchev–Trinajstić information content (AvgIpc) is 3.38. The quantitative estimate of drug-likeness (QED) is 0.0205. The molecule has 0 saturated heterocycles. The van der Waals surface area contributed by atoms with Gasteiger partial charge < -0.3 is 19.4 Å². The number of rotatable bonds is 55. The number of carbonyl (C=O) groups excluding carboxylic acids is 2. The molecule has 0 aliphatic heterocycles. The molecule has 0 aromatic rings. The molecule has 1 amide bonds. The number of allylic oxidation sites excluding steroid dienone is 15. The van der Waals surface area contributed by atoms with Crippen LogP contribution in [0.4, 0.5) is 0 Å². The highest BCUT2D eigenvalue weighted by Gasteiger charge is 2.30. The van der Waals surface area contributed by atoms with Crippen molar-refractivity contribution in [2.45, 2.75) is 270 Å². The Bertz CT molecular complexity index is 1620. The van der Waals surface area contributed by atoms with Crippen LogP contribution < -0.4 is 5.32 Å². The Kier molecular flexibility index (Phi) is 53.0. The van der Waals surface area contributed by atoms with Gasteiger partial charge >= 0.3 is 13.8 Å². The van der Waals surface area contributed by atoms with Crippen LogP contribution in [0, 0.1) is 0 Å². The molecule has 3 unspecified atom stereocenters. The molecule has 0 spiro atoms. The highest BCUT2D eigenvalue weighted by Crippen LogP contribution is 2.43. The number of unbranched alkanes of at least 4 members (excludes halogenated alkanes) is 25. The maximum atomic E-state index is 13.5. The van der Waals surface area contributed by atoms with Crippen LogP contribution in [0.25, 0.3) is 0 Å². The molecule has 0 fully saturated rings. The first-order valence-corrected chi connectivity index (χ1v) is 32.6. The topological polar surface area (TPSA) is 111 Å². The van der Waals surface area contributed by atoms with E-state index in [-0.39, 0.29) is 31.5 Å². The maximum absolute atomic E-state index is 13.5. The lowest BCUT2D eigenvalue weighted by molar-refractivity contribution is -0.870. The molecule has 2 N–H and O–H groups in total. The zero-order valence-corrected chi connectivity index (χ0v) is 50.9. The van der Waals surface area contributed by atoms with Crippen molar-refractivity contribution in [1.29, 1.82) is 0 Å². The van der Waals surface area contributed by atoms with Gasteiger partial charge in [-0.3, -0.25) is 18.6 Å². The third-order valence-corrected chi connectivity index (χ3v) is 14.3. The number of phosphoric ester groups is 1. The van der Waals surface area contributed by atoms with Gasteiger partial charge in [0.15, 0.2) is 0 Å². The summed E-state index contributed by atoms with van der Waals surface area (Å²) < 4.78 is 30.7. The van der Waals surface area contributed by atoms with Crippen LogP contribution >= 0.6 is 7.82 Å². The zero-order chi connectivity index (χ0) is 55.7. The predicted molar refractivity (Wildman–Crippen MR) is 327 cm³/mol. The van der Waals surface area contributed by atoms with Crippen LogP contribution in [-0.4, -0.2) is 74.3 Å². The largest absolute Gasteiger partial charge is 0.472 e. The Morgan fingerprint density at radius 1 is 0.474 bits per heavy atom. The van der Waals surface area contributed by atoms with Crippen LogP contribution in [0.5, 0.6) is 0 Å². The molecule has 0 heterocycles. The number of ether oxygens (including phenoxy) is 1. The van der Waals surface area contributed by atoms with Crippen molar-refractivity contribution in [2.24, 2.45) is 0 Å². The number of hydrogen-bond donors (Lipinski definition) is 2. The number of nitrogens with zero attached hydrogens (tertiary/aromatic N) is 1. The molecule has 3 atom stereocenters. The summed E-state index contributed by atoms with van der Waals surface area (Å²) in [4.78, 5) is 37.7. The van der Waals surface area contributed by atoms with E-state index < -0.39 is 20.0 Å². The SMILES string of the molecule is CC/C=C\C/C=C\C/C=C\C/C=C\C/C=C\CCCCCCCCCCCC(=O)NC(COP(=O)(O)OCC[N+](C)(C)C)C(/C=C\CCCCCCCCCCC)OC(=O)CCCCCCCCC/C=C/C/C=C/CC. The Labute approximate surface area is 468 Å². The second kappa shape index (κ2) is 55.3. The molecule has 10 heteroatoms. The maximum Gasteiger partial charge on any atom is 0.472 e. The van der Waals surface area contributed by atoms with Gasteiger partial charge in [-0.05, 0) is 102 Å². The molecule has 0 aliphatic rings. The van der Waals surface area contributed by atoms with Gasteiger partial charge in [0.25, 0.3) is 0 Å². The van der Waals surface area contributed by atoms with Gasteiger partial charge in [-0.15, -0.1) is 0 Å². The molecule has 0 aliphatic carbocycles. The third kappa shape index (κ3) is 55.7. The summed E-state index contributed by atoms with van der Waals surface area (Å²) in [6.45, 7) is 6.77. The van der Waals surface area contributed by atoms with Crippen LogP contribution in [0.3, 0.4) is 0 Å². The van der Waals surface area contributed by atoms with E-state index in [0.29, 0.717) is 17.4 Å². The molecular formula is C66H118N2O7P+. The first-order valence-electron chi connectivity index (χ1n) is 31.1. The van der Waals surface area contributed by atoms with E-state index in [0.717, 1.165) is 128 Å². The van der Waals surface area contributed by atoms with Crippen LogP contribution in [0.1, 0.15) is 258 Å². The number of nitrogens with one attached hydrogen (secondary N) is 1. The van der Waals surface area contributed by atoms with Gasteiger partial charge in [0, 0.05) is 12.8 Å². The Balaban J connectivity index is 5.14. The lowest BCUT2D eigenvalue weighted by Gasteiger charge is -2.27. The molecule has 438 valence electrons. The smallest absolute Gasteiger partial charge is 0.456 e. The Hall–Kier alpha value is -3.07. The van der Waals surface area contributed by atoms with E-state index >= 15 is 0 Å². The minimum atomic E-state index is -4.45. The lowest BCUT2D eigenvalue weighted by Crippen LogP contribution is -2.47. The van der Waals surface area contributed by atoms with Gasteiger partial charge in [0.1, 0.15) is 19.3 Å². The molecule has 9 nitrogen and oxygen atoms in total. The number of likely N-dealkylation sites (N-methyl/N-ethyl adjacent to an activating group) is 1. The van der Waals surface area contributed by atoms with Gasteiger partial charge in [0.2, 0.25) is 5.91 Å². The number of amides is 1. The summed E-state index contributed by atoms with van der Waals surface area (Å²) in [6.07, 6.45) is 74.1. The van der Waals surface area contributed by atoms with Crippen molar-refractivity contribution in [2.75, 3.05) is 40.9 Å².